The van der Waals surface area contributed by atoms with E-state index in [0.29, 0.717) is 12.0 Å². The predicted molar refractivity (Wildman–Crippen MR) is 77.9 cm³/mol. The lowest BCUT2D eigenvalue weighted by atomic mass is 9.94. The summed E-state index contributed by atoms with van der Waals surface area (Å²) < 4.78 is 7.46. The van der Waals surface area contributed by atoms with Gasteiger partial charge in [0.25, 0.3) is 0 Å². The van der Waals surface area contributed by atoms with E-state index in [1.807, 2.05) is 4.42 Å². The summed E-state index contributed by atoms with van der Waals surface area (Å²) >= 11 is 6.21. The molecule has 0 saturated carbocycles. The molecule has 0 aliphatic carbocycles. The van der Waals surface area contributed by atoms with E-state index in [1.165, 1.54) is 44.9 Å². The maximum atomic E-state index is 6.21. The monoisotopic (exact) mass is 279 g/mol. The van der Waals surface area contributed by atoms with E-state index in [1.54, 1.807) is 0 Å². The molecule has 1 rings (SSSR count). The summed E-state index contributed by atoms with van der Waals surface area (Å²) in [5.74, 6) is 0.652. The molecule has 1 aliphatic rings. The van der Waals surface area contributed by atoms with Crippen molar-refractivity contribution in [2.24, 2.45) is 5.92 Å². The first-order chi connectivity index (χ1) is 8.25. The van der Waals surface area contributed by atoms with Crippen molar-refractivity contribution in [2.75, 3.05) is 19.8 Å². The highest BCUT2D eigenvalue weighted by atomic mass is 35.5. The lowest BCUT2D eigenvalue weighted by Gasteiger charge is -2.34. The molecule has 2 N–H and O–H groups in total. The largest absolute Gasteiger partial charge is 0.412 e. The molecule has 0 aromatic rings. The molecular formula is C14H30ClNO2. The summed E-state index contributed by atoms with van der Waals surface area (Å²) in [5.41, 5.74) is 0. The van der Waals surface area contributed by atoms with Gasteiger partial charge >= 0.3 is 0 Å². The zero-order valence-corrected chi connectivity index (χ0v) is 12.7. The van der Waals surface area contributed by atoms with Gasteiger partial charge in [0, 0.05) is 6.54 Å². The molecule has 1 heterocycles. The van der Waals surface area contributed by atoms with E-state index in [0.717, 1.165) is 19.8 Å². The van der Waals surface area contributed by atoms with Crippen LogP contribution < -0.4 is 0 Å². The first kappa shape index (κ1) is 18.2. The Hall–Kier alpha value is 0.170. The molecule has 2 unspecified atom stereocenters. The first-order valence-electron chi connectivity index (χ1n) is 7.26. The molecule has 1 aliphatic heterocycles. The quantitative estimate of drug-likeness (QED) is 0.505. The first-order valence-corrected chi connectivity index (χ1v) is 7.59. The third-order valence-electron chi connectivity index (χ3n) is 3.77. The second kappa shape index (κ2) is 11.0. The van der Waals surface area contributed by atoms with Gasteiger partial charge in [-0.15, -0.1) is 0 Å². The molecule has 18 heavy (non-hydrogen) atoms. The summed E-state index contributed by atoms with van der Waals surface area (Å²) in [5, 5.41) is 0. The topological polar surface area (TPSA) is 44.0 Å². The van der Waals surface area contributed by atoms with Gasteiger partial charge in [-0.25, -0.2) is 4.42 Å². The SMILES string of the molecule is CCCCCCCCC(C)C1COCCN1Cl.O. The minimum absolute atomic E-state index is 0. The van der Waals surface area contributed by atoms with E-state index in [-0.39, 0.29) is 5.48 Å². The van der Waals surface area contributed by atoms with Crippen LogP contribution in [0.4, 0.5) is 0 Å². The summed E-state index contributed by atoms with van der Waals surface area (Å²) in [6.07, 6.45) is 9.51. The van der Waals surface area contributed by atoms with Gasteiger partial charge in [0.1, 0.15) is 0 Å². The highest BCUT2D eigenvalue weighted by Gasteiger charge is 2.26. The highest BCUT2D eigenvalue weighted by molar-refractivity contribution is 6.13. The Morgan fingerprint density at radius 3 is 2.56 bits per heavy atom. The van der Waals surface area contributed by atoms with Crippen molar-refractivity contribution >= 4 is 11.8 Å². The van der Waals surface area contributed by atoms with Crippen molar-refractivity contribution in [2.45, 2.75) is 64.8 Å². The van der Waals surface area contributed by atoms with Gasteiger partial charge in [0.15, 0.2) is 0 Å². The minimum atomic E-state index is 0. The molecule has 0 spiro atoms. The molecule has 1 fully saturated rings. The van der Waals surface area contributed by atoms with E-state index < -0.39 is 0 Å². The lowest BCUT2D eigenvalue weighted by Crippen LogP contribution is -2.43. The van der Waals surface area contributed by atoms with Gasteiger partial charge in [-0.3, -0.25) is 0 Å². The van der Waals surface area contributed by atoms with Gasteiger partial charge in [-0.05, 0) is 24.1 Å². The maximum absolute atomic E-state index is 6.21. The summed E-state index contributed by atoms with van der Waals surface area (Å²) in [6, 6.07) is 0.418. The number of rotatable bonds is 8. The van der Waals surface area contributed by atoms with E-state index >= 15 is 0 Å². The Morgan fingerprint density at radius 1 is 1.22 bits per heavy atom. The maximum Gasteiger partial charge on any atom is 0.0638 e. The van der Waals surface area contributed by atoms with Crippen LogP contribution in [0.5, 0.6) is 0 Å². The number of hydrogen-bond donors (Lipinski definition) is 0. The summed E-state index contributed by atoms with van der Waals surface area (Å²) in [7, 11) is 0. The third-order valence-corrected chi connectivity index (χ3v) is 4.19. The fourth-order valence-corrected chi connectivity index (χ4v) is 2.80. The Labute approximate surface area is 117 Å². The number of unbranched alkanes of at least 4 members (excludes halogenated alkanes) is 5. The van der Waals surface area contributed by atoms with Crippen molar-refractivity contribution in [3.63, 3.8) is 0 Å². The van der Waals surface area contributed by atoms with Gasteiger partial charge in [0.2, 0.25) is 0 Å². The molecule has 0 bridgehead atoms. The number of nitrogens with zero attached hydrogens (tertiary/aromatic N) is 1. The molecule has 1 saturated heterocycles. The second-order valence-electron chi connectivity index (χ2n) is 5.30. The number of ether oxygens (including phenoxy) is 1. The molecule has 0 aromatic heterocycles. The van der Waals surface area contributed by atoms with Gasteiger partial charge in [-0.2, -0.15) is 0 Å². The molecule has 3 nitrogen and oxygen atoms in total. The van der Waals surface area contributed by atoms with Crippen molar-refractivity contribution < 1.29 is 10.2 Å². The van der Waals surface area contributed by atoms with Crippen molar-refractivity contribution in [1.82, 2.24) is 4.42 Å². The van der Waals surface area contributed by atoms with Crippen molar-refractivity contribution in [3.8, 4) is 0 Å². The molecular weight excluding hydrogens is 250 g/mol. The van der Waals surface area contributed by atoms with Gasteiger partial charge < -0.3 is 10.2 Å². The van der Waals surface area contributed by atoms with Crippen LogP contribution in [0, 0.1) is 5.92 Å². The van der Waals surface area contributed by atoms with E-state index in [4.69, 9.17) is 16.5 Å². The normalized spacial score (nSPS) is 22.5. The number of halogens is 1. The minimum Gasteiger partial charge on any atom is -0.412 e. The zero-order chi connectivity index (χ0) is 12.5. The van der Waals surface area contributed by atoms with Crippen LogP contribution in [0.3, 0.4) is 0 Å². The second-order valence-corrected chi connectivity index (χ2v) is 5.73. The molecule has 0 radical (unpaired) electrons. The molecule has 0 aromatic carbocycles. The zero-order valence-electron chi connectivity index (χ0n) is 12.0. The van der Waals surface area contributed by atoms with E-state index in [9.17, 15) is 0 Å². The Balaban J connectivity index is 0.00000289. The fourth-order valence-electron chi connectivity index (χ4n) is 2.48. The van der Waals surface area contributed by atoms with Crippen LogP contribution in [0.15, 0.2) is 0 Å². The molecule has 110 valence electrons. The van der Waals surface area contributed by atoms with E-state index in [2.05, 4.69) is 13.8 Å². The predicted octanol–water partition coefficient (Wildman–Crippen LogP) is 3.40. The summed E-state index contributed by atoms with van der Waals surface area (Å²) in [4.78, 5) is 0. The standard InChI is InChI=1S/C14H28ClNO.H2O/c1-3-4-5-6-7-8-9-13(2)14-12-17-11-10-16(14)15;/h13-14H,3-12H2,1-2H3;1H2. The molecule has 4 heteroatoms. The Bertz CT molecular complexity index is 193. The Morgan fingerprint density at radius 2 is 1.89 bits per heavy atom. The van der Waals surface area contributed by atoms with Crippen molar-refractivity contribution in [1.29, 1.82) is 0 Å². The van der Waals surface area contributed by atoms with Gasteiger partial charge in [-0.1, -0.05) is 52.4 Å². The smallest absolute Gasteiger partial charge is 0.0638 e. The van der Waals surface area contributed by atoms with Crippen molar-refractivity contribution in [3.05, 3.63) is 0 Å². The summed E-state index contributed by atoms with van der Waals surface area (Å²) in [6.45, 7) is 7.03. The van der Waals surface area contributed by atoms with Crippen LogP contribution in [0.25, 0.3) is 0 Å². The van der Waals surface area contributed by atoms with Crippen LogP contribution in [0.1, 0.15) is 58.8 Å². The molecule has 2 atom stereocenters. The molecule has 0 amide bonds. The lowest BCUT2D eigenvalue weighted by molar-refractivity contribution is 0.0122. The average Bonchev–Trinajstić information content (AvgIpc) is 2.34. The average molecular weight is 280 g/mol. The third kappa shape index (κ3) is 6.93. The van der Waals surface area contributed by atoms with Gasteiger partial charge in [0.05, 0.1) is 19.3 Å². The van der Waals surface area contributed by atoms with Crippen LogP contribution in [-0.4, -0.2) is 35.7 Å². The number of morpholine rings is 1. The van der Waals surface area contributed by atoms with Crippen LogP contribution in [-0.2, 0) is 4.74 Å². The van der Waals surface area contributed by atoms with Crippen LogP contribution >= 0.6 is 11.8 Å². The Kier molecular flexibility index (Phi) is 11.1. The fraction of sp³-hybridized carbons (Fsp3) is 1.00. The number of hydrogen-bond acceptors (Lipinski definition) is 2. The van der Waals surface area contributed by atoms with Crippen LogP contribution in [0.2, 0.25) is 0 Å². The highest BCUT2D eigenvalue weighted by Crippen LogP contribution is 2.22.